The van der Waals surface area contributed by atoms with Gasteiger partial charge in [0, 0.05) is 23.5 Å². The van der Waals surface area contributed by atoms with E-state index in [1.54, 1.807) is 12.4 Å². The maximum atomic E-state index is 4.71. The molecule has 0 fully saturated rings. The van der Waals surface area contributed by atoms with Crippen molar-refractivity contribution in [2.45, 2.75) is 0 Å². The maximum absolute atomic E-state index is 4.71. The molecular formula is C19H13N9. The average Bonchev–Trinajstić information content (AvgIpc) is 3.45. The minimum atomic E-state index is 0.532. The number of imidazole rings is 1. The van der Waals surface area contributed by atoms with Crippen LogP contribution in [0.2, 0.25) is 0 Å². The third-order valence-corrected chi connectivity index (χ3v) is 4.60. The Bertz CT molecular complexity index is 1420. The van der Waals surface area contributed by atoms with E-state index >= 15 is 0 Å². The lowest BCUT2D eigenvalue weighted by Crippen LogP contribution is -1.99. The van der Waals surface area contributed by atoms with E-state index in [1.165, 1.54) is 0 Å². The number of aromatic nitrogens is 8. The number of benzene rings is 1. The first kappa shape index (κ1) is 14.9. The molecule has 0 saturated heterocycles. The van der Waals surface area contributed by atoms with Gasteiger partial charge in [-0.15, -0.1) is 0 Å². The summed E-state index contributed by atoms with van der Waals surface area (Å²) in [7, 11) is 0. The van der Waals surface area contributed by atoms with Gasteiger partial charge in [0.05, 0.1) is 17.9 Å². The molecule has 0 atom stereocenters. The third kappa shape index (κ3) is 2.30. The van der Waals surface area contributed by atoms with Gasteiger partial charge in [-0.2, -0.15) is 10.2 Å². The van der Waals surface area contributed by atoms with E-state index in [4.69, 9.17) is 4.98 Å². The van der Waals surface area contributed by atoms with Gasteiger partial charge in [0.25, 0.3) is 0 Å². The van der Waals surface area contributed by atoms with Crippen LogP contribution in [0.5, 0.6) is 0 Å². The molecule has 0 spiro atoms. The molecule has 0 radical (unpaired) electrons. The molecule has 134 valence electrons. The number of nitrogens with zero attached hydrogens (tertiary/aromatic N) is 6. The summed E-state index contributed by atoms with van der Waals surface area (Å²) in [6.07, 6.45) is 7.33. The van der Waals surface area contributed by atoms with Crippen LogP contribution in [0.4, 0.5) is 11.5 Å². The lowest BCUT2D eigenvalue weighted by Gasteiger charge is -2.08. The van der Waals surface area contributed by atoms with Crippen LogP contribution in [0.25, 0.3) is 39.1 Å². The van der Waals surface area contributed by atoms with Crippen molar-refractivity contribution in [1.82, 2.24) is 39.7 Å². The number of aromatic amines is 2. The van der Waals surface area contributed by atoms with Gasteiger partial charge in [0.2, 0.25) is 0 Å². The molecule has 0 aliphatic heterocycles. The van der Waals surface area contributed by atoms with E-state index in [-0.39, 0.29) is 0 Å². The second-order valence-corrected chi connectivity index (χ2v) is 6.42. The summed E-state index contributed by atoms with van der Waals surface area (Å²) in [6, 6.07) is 11.8. The van der Waals surface area contributed by atoms with E-state index in [0.29, 0.717) is 22.9 Å². The van der Waals surface area contributed by atoms with Crippen molar-refractivity contribution in [1.29, 1.82) is 0 Å². The zero-order valence-electron chi connectivity index (χ0n) is 14.5. The average molecular weight is 367 g/mol. The van der Waals surface area contributed by atoms with E-state index in [9.17, 15) is 0 Å². The van der Waals surface area contributed by atoms with Gasteiger partial charge >= 0.3 is 0 Å². The fraction of sp³-hybridized carbons (Fsp3) is 0. The minimum Gasteiger partial charge on any atom is -0.338 e. The molecule has 0 aliphatic rings. The van der Waals surface area contributed by atoms with E-state index in [2.05, 4.69) is 35.7 Å². The van der Waals surface area contributed by atoms with Crippen LogP contribution >= 0.6 is 0 Å². The highest BCUT2D eigenvalue weighted by molar-refractivity contribution is 5.90. The Kier molecular flexibility index (Phi) is 2.98. The second-order valence-electron chi connectivity index (χ2n) is 6.42. The van der Waals surface area contributed by atoms with Gasteiger partial charge in [-0.1, -0.05) is 6.07 Å². The molecule has 0 saturated carbocycles. The lowest BCUT2D eigenvalue weighted by molar-refractivity contribution is 1.11. The molecule has 0 aliphatic carbocycles. The quantitative estimate of drug-likeness (QED) is 0.442. The van der Waals surface area contributed by atoms with Crippen molar-refractivity contribution in [2.75, 3.05) is 5.32 Å². The van der Waals surface area contributed by atoms with Crippen molar-refractivity contribution in [3.63, 3.8) is 0 Å². The van der Waals surface area contributed by atoms with Crippen LogP contribution in [-0.4, -0.2) is 39.7 Å². The predicted octanol–water partition coefficient (Wildman–Crippen LogP) is 3.29. The normalized spacial score (nSPS) is 11.6. The molecule has 5 aromatic heterocycles. The van der Waals surface area contributed by atoms with Gasteiger partial charge in [-0.25, -0.2) is 15.0 Å². The van der Waals surface area contributed by atoms with Gasteiger partial charge < -0.3 is 9.72 Å². The van der Waals surface area contributed by atoms with Crippen molar-refractivity contribution in [3.05, 3.63) is 61.2 Å². The van der Waals surface area contributed by atoms with Gasteiger partial charge in [0.15, 0.2) is 11.6 Å². The molecule has 1 aromatic carbocycles. The topological polar surface area (TPSA) is 112 Å². The Hall–Kier alpha value is -4.27. The Morgan fingerprint density at radius 3 is 2.86 bits per heavy atom. The standard InChI is InChI=1S/C19H13N9/c1-2-6-28-10-15(23-16(28)3-1)18-24-14-9-21-27-17(14)19(25-18)22-12-4-5-13-11(7-12)8-20-26-13/h1-10H,(H,20,26)(H,21,27)(H,22,24,25). The zero-order chi connectivity index (χ0) is 18.5. The van der Waals surface area contributed by atoms with Crippen LogP contribution in [0, 0.1) is 0 Å². The second kappa shape index (κ2) is 5.61. The van der Waals surface area contributed by atoms with Crippen LogP contribution in [0.15, 0.2) is 61.2 Å². The van der Waals surface area contributed by atoms with Gasteiger partial charge in [-0.3, -0.25) is 10.2 Å². The van der Waals surface area contributed by atoms with E-state index in [0.717, 1.165) is 27.8 Å². The van der Waals surface area contributed by atoms with Gasteiger partial charge in [0.1, 0.15) is 22.4 Å². The molecule has 6 aromatic rings. The number of rotatable bonds is 3. The predicted molar refractivity (Wildman–Crippen MR) is 105 cm³/mol. The summed E-state index contributed by atoms with van der Waals surface area (Å²) >= 11 is 0. The van der Waals surface area contributed by atoms with Crippen LogP contribution in [0.1, 0.15) is 0 Å². The van der Waals surface area contributed by atoms with Gasteiger partial charge in [-0.05, 0) is 30.3 Å². The molecule has 9 nitrogen and oxygen atoms in total. The molecular weight excluding hydrogens is 354 g/mol. The molecule has 9 heteroatoms. The third-order valence-electron chi connectivity index (χ3n) is 4.60. The number of fused-ring (bicyclic) bond motifs is 3. The molecule has 6 rings (SSSR count). The maximum Gasteiger partial charge on any atom is 0.182 e. The highest BCUT2D eigenvalue weighted by Crippen LogP contribution is 2.27. The van der Waals surface area contributed by atoms with Crippen LogP contribution in [-0.2, 0) is 0 Å². The fourth-order valence-electron chi connectivity index (χ4n) is 3.24. The van der Waals surface area contributed by atoms with E-state index < -0.39 is 0 Å². The largest absolute Gasteiger partial charge is 0.338 e. The molecule has 0 bridgehead atoms. The van der Waals surface area contributed by atoms with Crippen molar-refractivity contribution < 1.29 is 0 Å². The summed E-state index contributed by atoms with van der Waals surface area (Å²) in [4.78, 5) is 13.9. The van der Waals surface area contributed by atoms with Crippen molar-refractivity contribution >= 4 is 39.1 Å². The molecule has 3 N–H and O–H groups in total. The van der Waals surface area contributed by atoms with Crippen LogP contribution in [0.3, 0.4) is 0 Å². The number of H-pyrrole nitrogens is 2. The highest BCUT2D eigenvalue weighted by atomic mass is 15.2. The Labute approximate surface area is 157 Å². The number of hydrogen-bond acceptors (Lipinski definition) is 6. The monoisotopic (exact) mass is 367 g/mol. The Balaban J connectivity index is 1.48. The first-order chi connectivity index (χ1) is 13.8. The first-order valence-corrected chi connectivity index (χ1v) is 8.69. The minimum absolute atomic E-state index is 0.532. The highest BCUT2D eigenvalue weighted by Gasteiger charge is 2.14. The lowest BCUT2D eigenvalue weighted by atomic mass is 10.2. The fourth-order valence-corrected chi connectivity index (χ4v) is 3.24. The van der Waals surface area contributed by atoms with Crippen LogP contribution < -0.4 is 5.32 Å². The summed E-state index contributed by atoms with van der Waals surface area (Å²) < 4.78 is 1.94. The molecule has 28 heavy (non-hydrogen) atoms. The Morgan fingerprint density at radius 2 is 1.89 bits per heavy atom. The molecule has 5 heterocycles. The summed E-state index contributed by atoms with van der Waals surface area (Å²) in [6.45, 7) is 0. The SMILES string of the molecule is c1ccn2cc(-c3nc(Nc4ccc5[nH]ncc5c4)c4[nH]ncc4n3)nc2c1. The Morgan fingerprint density at radius 1 is 0.929 bits per heavy atom. The first-order valence-electron chi connectivity index (χ1n) is 8.69. The zero-order valence-corrected chi connectivity index (χ0v) is 14.5. The van der Waals surface area contributed by atoms with Crippen molar-refractivity contribution in [3.8, 4) is 11.5 Å². The summed E-state index contributed by atoms with van der Waals surface area (Å²) in [5, 5.41) is 18.5. The van der Waals surface area contributed by atoms with Crippen molar-refractivity contribution in [2.24, 2.45) is 0 Å². The molecule has 0 unspecified atom stereocenters. The number of nitrogens with one attached hydrogen (secondary N) is 3. The molecule has 0 amide bonds. The summed E-state index contributed by atoms with van der Waals surface area (Å²) in [5.41, 5.74) is 4.86. The number of hydrogen-bond donors (Lipinski definition) is 3. The number of pyridine rings is 1. The smallest absolute Gasteiger partial charge is 0.182 e. The summed E-state index contributed by atoms with van der Waals surface area (Å²) in [5.74, 6) is 1.17. The number of anilines is 2. The van der Waals surface area contributed by atoms with E-state index in [1.807, 2.05) is 53.2 Å².